The molecule has 0 aliphatic rings. The summed E-state index contributed by atoms with van der Waals surface area (Å²) in [4.78, 5) is 0. The van der Waals surface area contributed by atoms with Crippen LogP contribution in [0.4, 0.5) is 4.39 Å². The van der Waals surface area contributed by atoms with E-state index in [4.69, 9.17) is 23.2 Å². The SMILES string of the molecule is Fc1ccc(C(Cl)Cc2cccc(Cl)c2)c2ccccc12. The summed E-state index contributed by atoms with van der Waals surface area (Å²) in [6, 6.07) is 18.3. The van der Waals surface area contributed by atoms with Crippen molar-refractivity contribution in [3.05, 3.63) is 82.6 Å². The Labute approximate surface area is 133 Å². The van der Waals surface area contributed by atoms with Crippen molar-refractivity contribution < 1.29 is 4.39 Å². The third kappa shape index (κ3) is 3.04. The Morgan fingerprint density at radius 3 is 2.43 bits per heavy atom. The van der Waals surface area contributed by atoms with Gasteiger partial charge in [-0.25, -0.2) is 4.39 Å². The zero-order chi connectivity index (χ0) is 14.8. The predicted molar refractivity (Wildman–Crippen MR) is 87.7 cm³/mol. The molecular weight excluding hydrogens is 306 g/mol. The van der Waals surface area contributed by atoms with Gasteiger partial charge in [-0.3, -0.25) is 0 Å². The molecule has 0 radical (unpaired) electrons. The van der Waals surface area contributed by atoms with E-state index < -0.39 is 0 Å². The van der Waals surface area contributed by atoms with Gasteiger partial charge in [-0.1, -0.05) is 54.1 Å². The standard InChI is InChI=1S/C18H13Cl2F/c19-13-5-3-4-12(10-13)11-17(20)15-8-9-18(21)16-7-2-1-6-14(15)16/h1-10,17H,11H2. The second kappa shape index (κ2) is 6.05. The van der Waals surface area contributed by atoms with E-state index in [-0.39, 0.29) is 11.2 Å². The minimum Gasteiger partial charge on any atom is -0.206 e. The lowest BCUT2D eigenvalue weighted by Gasteiger charge is -2.14. The summed E-state index contributed by atoms with van der Waals surface area (Å²) in [6.45, 7) is 0. The highest BCUT2D eigenvalue weighted by Crippen LogP contribution is 2.32. The van der Waals surface area contributed by atoms with Gasteiger partial charge in [-0.05, 0) is 41.1 Å². The van der Waals surface area contributed by atoms with Crippen molar-refractivity contribution in [2.45, 2.75) is 11.8 Å². The van der Waals surface area contributed by atoms with Crippen LogP contribution in [-0.4, -0.2) is 0 Å². The van der Waals surface area contributed by atoms with Crippen LogP contribution in [-0.2, 0) is 6.42 Å². The van der Waals surface area contributed by atoms with Crippen LogP contribution >= 0.6 is 23.2 Å². The molecule has 0 fully saturated rings. The lowest BCUT2D eigenvalue weighted by Crippen LogP contribution is -1.98. The third-order valence-electron chi connectivity index (χ3n) is 3.55. The molecule has 0 saturated carbocycles. The van der Waals surface area contributed by atoms with E-state index in [1.54, 1.807) is 12.1 Å². The van der Waals surface area contributed by atoms with Crippen LogP contribution in [0.5, 0.6) is 0 Å². The molecule has 3 aromatic carbocycles. The van der Waals surface area contributed by atoms with E-state index in [1.165, 1.54) is 6.07 Å². The second-order valence-electron chi connectivity index (χ2n) is 4.98. The van der Waals surface area contributed by atoms with Gasteiger partial charge < -0.3 is 0 Å². The largest absolute Gasteiger partial charge is 0.206 e. The maximum atomic E-state index is 13.8. The molecule has 3 rings (SSSR count). The van der Waals surface area contributed by atoms with Gasteiger partial charge in [0.25, 0.3) is 0 Å². The van der Waals surface area contributed by atoms with Gasteiger partial charge in [-0.2, -0.15) is 0 Å². The summed E-state index contributed by atoms with van der Waals surface area (Å²) in [5, 5.41) is 1.93. The number of benzene rings is 3. The number of halogens is 3. The van der Waals surface area contributed by atoms with Gasteiger partial charge in [0.1, 0.15) is 5.82 Å². The molecule has 106 valence electrons. The van der Waals surface area contributed by atoms with Crippen LogP contribution in [0.1, 0.15) is 16.5 Å². The van der Waals surface area contributed by atoms with E-state index in [0.29, 0.717) is 16.8 Å². The average molecular weight is 319 g/mol. The molecule has 0 aliphatic heterocycles. The first kappa shape index (κ1) is 14.4. The number of rotatable bonds is 3. The fourth-order valence-corrected chi connectivity index (χ4v) is 3.12. The van der Waals surface area contributed by atoms with Crippen LogP contribution in [0.2, 0.25) is 5.02 Å². The van der Waals surface area contributed by atoms with E-state index in [9.17, 15) is 4.39 Å². The van der Waals surface area contributed by atoms with Gasteiger partial charge in [0.15, 0.2) is 0 Å². The minimum absolute atomic E-state index is 0.221. The normalized spacial score (nSPS) is 12.5. The highest BCUT2D eigenvalue weighted by Gasteiger charge is 2.14. The minimum atomic E-state index is -0.228. The summed E-state index contributed by atoms with van der Waals surface area (Å²) in [5.41, 5.74) is 2.00. The molecule has 3 aromatic rings. The van der Waals surface area contributed by atoms with Crippen LogP contribution in [0.3, 0.4) is 0 Å². The molecule has 21 heavy (non-hydrogen) atoms. The first-order valence-corrected chi connectivity index (χ1v) is 7.52. The molecule has 1 atom stereocenters. The van der Waals surface area contributed by atoms with Crippen molar-refractivity contribution in [2.75, 3.05) is 0 Å². The number of hydrogen-bond acceptors (Lipinski definition) is 0. The Balaban J connectivity index is 1.98. The number of fused-ring (bicyclic) bond motifs is 1. The smallest absolute Gasteiger partial charge is 0.131 e. The predicted octanol–water partition coefficient (Wildman–Crippen LogP) is 6.15. The first-order chi connectivity index (χ1) is 10.1. The maximum absolute atomic E-state index is 13.8. The number of alkyl halides is 1. The summed E-state index contributed by atoms with van der Waals surface area (Å²) in [7, 11) is 0. The zero-order valence-corrected chi connectivity index (χ0v) is 12.7. The first-order valence-electron chi connectivity index (χ1n) is 6.71. The van der Waals surface area contributed by atoms with Crippen LogP contribution < -0.4 is 0 Å². The summed E-state index contributed by atoms with van der Waals surface area (Å²) in [6.07, 6.45) is 0.651. The van der Waals surface area contributed by atoms with Gasteiger partial charge in [-0.15, -0.1) is 11.6 Å². The molecule has 1 unspecified atom stereocenters. The lowest BCUT2D eigenvalue weighted by atomic mass is 9.98. The highest BCUT2D eigenvalue weighted by molar-refractivity contribution is 6.30. The van der Waals surface area contributed by atoms with Crippen molar-refractivity contribution in [1.29, 1.82) is 0 Å². The second-order valence-corrected chi connectivity index (χ2v) is 5.95. The molecular formula is C18H13Cl2F. The Morgan fingerprint density at radius 1 is 0.905 bits per heavy atom. The zero-order valence-electron chi connectivity index (χ0n) is 11.2. The molecule has 0 aliphatic carbocycles. The monoisotopic (exact) mass is 318 g/mol. The quantitative estimate of drug-likeness (QED) is 0.508. The van der Waals surface area contributed by atoms with Crippen molar-refractivity contribution >= 4 is 34.0 Å². The van der Waals surface area contributed by atoms with Crippen molar-refractivity contribution in [2.24, 2.45) is 0 Å². The highest BCUT2D eigenvalue weighted by atomic mass is 35.5. The molecule has 0 amide bonds. The molecule has 0 N–H and O–H groups in total. The Kier molecular flexibility index (Phi) is 4.14. The Bertz CT molecular complexity index is 783. The Hall–Kier alpha value is -1.57. The summed E-state index contributed by atoms with van der Waals surface area (Å²) < 4.78 is 13.8. The maximum Gasteiger partial charge on any atom is 0.131 e. The Morgan fingerprint density at radius 2 is 1.67 bits per heavy atom. The molecule has 0 heterocycles. The van der Waals surface area contributed by atoms with Crippen molar-refractivity contribution in [3.63, 3.8) is 0 Å². The van der Waals surface area contributed by atoms with E-state index >= 15 is 0 Å². The summed E-state index contributed by atoms with van der Waals surface area (Å²) in [5.74, 6) is -0.221. The molecule has 0 bridgehead atoms. The van der Waals surface area contributed by atoms with Crippen molar-refractivity contribution in [3.8, 4) is 0 Å². The van der Waals surface area contributed by atoms with Crippen LogP contribution in [0, 0.1) is 5.82 Å². The topological polar surface area (TPSA) is 0 Å². The molecule has 0 saturated heterocycles. The summed E-state index contributed by atoms with van der Waals surface area (Å²) >= 11 is 12.6. The van der Waals surface area contributed by atoms with Gasteiger partial charge in [0.2, 0.25) is 0 Å². The third-order valence-corrected chi connectivity index (χ3v) is 4.17. The molecule has 0 spiro atoms. The molecule has 0 aromatic heterocycles. The lowest BCUT2D eigenvalue weighted by molar-refractivity contribution is 0.639. The van der Waals surface area contributed by atoms with Crippen LogP contribution in [0.15, 0.2) is 60.7 Å². The van der Waals surface area contributed by atoms with Gasteiger partial charge >= 0.3 is 0 Å². The van der Waals surface area contributed by atoms with Gasteiger partial charge in [0.05, 0.1) is 5.38 Å². The molecule has 0 nitrogen and oxygen atoms in total. The van der Waals surface area contributed by atoms with Crippen LogP contribution in [0.25, 0.3) is 10.8 Å². The van der Waals surface area contributed by atoms with E-state index in [0.717, 1.165) is 16.5 Å². The van der Waals surface area contributed by atoms with Crippen molar-refractivity contribution in [1.82, 2.24) is 0 Å². The number of hydrogen-bond donors (Lipinski definition) is 0. The molecule has 3 heteroatoms. The van der Waals surface area contributed by atoms with E-state index in [1.807, 2.05) is 42.5 Å². The van der Waals surface area contributed by atoms with Gasteiger partial charge in [0, 0.05) is 10.4 Å². The fraction of sp³-hybridized carbons (Fsp3) is 0.111. The average Bonchev–Trinajstić information content (AvgIpc) is 2.48. The van der Waals surface area contributed by atoms with E-state index in [2.05, 4.69) is 0 Å². The fourth-order valence-electron chi connectivity index (χ4n) is 2.54.